The van der Waals surface area contributed by atoms with Crippen molar-refractivity contribution in [1.82, 2.24) is 4.90 Å². The summed E-state index contributed by atoms with van der Waals surface area (Å²) in [5, 5.41) is 0. The minimum atomic E-state index is -4.51. The summed E-state index contributed by atoms with van der Waals surface area (Å²) in [5.41, 5.74) is -0.210. The Labute approximate surface area is 128 Å². The molecule has 1 saturated carbocycles. The lowest BCUT2D eigenvalue weighted by Gasteiger charge is -2.56. The van der Waals surface area contributed by atoms with Crippen LogP contribution in [0.15, 0.2) is 18.2 Å². The molecule has 120 valence electrons. The van der Waals surface area contributed by atoms with Gasteiger partial charge in [0, 0.05) is 18.5 Å². The molecule has 2 nitrogen and oxygen atoms in total. The smallest absolute Gasteiger partial charge is 0.337 e. The lowest BCUT2D eigenvalue weighted by molar-refractivity contribution is -0.138. The Morgan fingerprint density at radius 3 is 2.32 bits per heavy atom. The van der Waals surface area contributed by atoms with E-state index < -0.39 is 17.6 Å². The van der Waals surface area contributed by atoms with Gasteiger partial charge in [-0.15, -0.1) is 0 Å². The van der Waals surface area contributed by atoms with E-state index in [1.807, 2.05) is 13.8 Å². The van der Waals surface area contributed by atoms with Gasteiger partial charge in [0.05, 0.1) is 11.1 Å². The lowest BCUT2D eigenvalue weighted by Crippen LogP contribution is -2.61. The van der Waals surface area contributed by atoms with E-state index in [0.717, 1.165) is 18.9 Å². The van der Waals surface area contributed by atoms with Gasteiger partial charge in [-0.3, -0.25) is 4.79 Å². The number of amides is 1. The second-order valence-corrected chi connectivity index (χ2v) is 6.97. The zero-order chi connectivity index (χ0) is 16.1. The van der Waals surface area contributed by atoms with Crippen molar-refractivity contribution in [1.29, 1.82) is 0 Å². The molecule has 1 saturated heterocycles. The molecule has 0 atom stereocenters. The molecular weight excluding hydrogens is 291 g/mol. The molecule has 0 unspecified atom stereocenters. The summed E-state index contributed by atoms with van der Waals surface area (Å²) in [6.45, 7) is 4.89. The second kappa shape index (κ2) is 5.00. The summed E-state index contributed by atoms with van der Waals surface area (Å²) in [7, 11) is 0. The molecular formula is C17H20F3NO. The molecule has 5 heteroatoms. The third kappa shape index (κ3) is 2.50. The Bertz CT molecular complexity index is 594. The average Bonchev–Trinajstić information content (AvgIpc) is 2.33. The van der Waals surface area contributed by atoms with Crippen molar-refractivity contribution in [2.45, 2.75) is 45.2 Å². The van der Waals surface area contributed by atoms with E-state index in [1.165, 1.54) is 12.5 Å². The maximum absolute atomic E-state index is 13.3. The van der Waals surface area contributed by atoms with Crippen molar-refractivity contribution in [3.63, 3.8) is 0 Å². The molecule has 3 rings (SSSR count). The van der Waals surface area contributed by atoms with Crippen LogP contribution in [0.4, 0.5) is 13.2 Å². The number of nitrogens with zero attached hydrogens (tertiary/aromatic N) is 1. The van der Waals surface area contributed by atoms with Gasteiger partial charge >= 0.3 is 6.18 Å². The van der Waals surface area contributed by atoms with E-state index in [4.69, 9.17) is 0 Å². The Morgan fingerprint density at radius 1 is 1.23 bits per heavy atom. The lowest BCUT2D eigenvalue weighted by atomic mass is 9.63. The fourth-order valence-corrected chi connectivity index (χ4v) is 3.41. The predicted molar refractivity (Wildman–Crippen MR) is 77.7 cm³/mol. The number of carbonyl (C=O) groups excluding carboxylic acids is 1. The zero-order valence-corrected chi connectivity index (χ0v) is 12.8. The molecule has 1 spiro atoms. The Hall–Kier alpha value is -1.52. The van der Waals surface area contributed by atoms with Crippen LogP contribution in [0.25, 0.3) is 0 Å². The SMILES string of the molecule is CC(C)c1ccc(C(=O)N2CC3(CCC3)C2)c(C(F)(F)F)c1. The van der Waals surface area contributed by atoms with Crippen molar-refractivity contribution in [2.75, 3.05) is 13.1 Å². The summed E-state index contributed by atoms with van der Waals surface area (Å²) in [6, 6.07) is 4.09. The fourth-order valence-electron chi connectivity index (χ4n) is 3.41. The zero-order valence-electron chi connectivity index (χ0n) is 12.8. The molecule has 1 amide bonds. The molecule has 0 aromatic heterocycles. The van der Waals surface area contributed by atoms with E-state index in [0.29, 0.717) is 18.7 Å². The first-order valence-electron chi connectivity index (χ1n) is 7.72. The van der Waals surface area contributed by atoms with Crippen LogP contribution in [-0.4, -0.2) is 23.9 Å². The molecule has 1 aliphatic carbocycles. The number of carbonyl (C=O) groups is 1. The van der Waals surface area contributed by atoms with Gasteiger partial charge in [-0.2, -0.15) is 13.2 Å². The van der Waals surface area contributed by atoms with Crippen LogP contribution in [0.3, 0.4) is 0 Å². The van der Waals surface area contributed by atoms with Gasteiger partial charge in [-0.05, 0) is 36.5 Å². The van der Waals surface area contributed by atoms with E-state index in [2.05, 4.69) is 0 Å². The van der Waals surface area contributed by atoms with Crippen molar-refractivity contribution in [3.8, 4) is 0 Å². The van der Waals surface area contributed by atoms with Crippen molar-refractivity contribution >= 4 is 5.91 Å². The normalized spacial score (nSPS) is 20.0. The Balaban J connectivity index is 1.87. The predicted octanol–water partition coefficient (Wildman–Crippen LogP) is 4.45. The molecule has 2 fully saturated rings. The van der Waals surface area contributed by atoms with Gasteiger partial charge in [0.2, 0.25) is 0 Å². The first-order chi connectivity index (χ1) is 10.2. The summed E-state index contributed by atoms with van der Waals surface area (Å²) in [6.07, 6.45) is -1.15. The number of rotatable bonds is 2. The van der Waals surface area contributed by atoms with E-state index in [9.17, 15) is 18.0 Å². The number of likely N-dealkylation sites (tertiary alicyclic amines) is 1. The number of hydrogen-bond donors (Lipinski definition) is 0. The maximum Gasteiger partial charge on any atom is 0.417 e. The highest BCUT2D eigenvalue weighted by molar-refractivity contribution is 5.96. The van der Waals surface area contributed by atoms with Crippen LogP contribution in [0.5, 0.6) is 0 Å². The van der Waals surface area contributed by atoms with Crippen LogP contribution >= 0.6 is 0 Å². The molecule has 1 aliphatic heterocycles. The number of alkyl halides is 3. The summed E-state index contributed by atoms with van der Waals surface area (Å²) in [5.74, 6) is -0.493. The standard InChI is InChI=1S/C17H20F3NO/c1-11(2)12-4-5-13(14(8-12)17(18,19)20)15(22)21-9-16(10-21)6-3-7-16/h4-5,8,11H,3,6-7,9-10H2,1-2H3. The van der Waals surface area contributed by atoms with Gasteiger partial charge in [0.25, 0.3) is 5.91 Å². The van der Waals surface area contributed by atoms with E-state index >= 15 is 0 Å². The third-order valence-electron chi connectivity index (χ3n) is 5.00. The Morgan fingerprint density at radius 2 is 1.86 bits per heavy atom. The molecule has 0 bridgehead atoms. The van der Waals surface area contributed by atoms with Gasteiger partial charge in [-0.1, -0.05) is 26.3 Å². The molecule has 2 aliphatic rings. The second-order valence-electron chi connectivity index (χ2n) is 6.97. The summed E-state index contributed by atoms with van der Waals surface area (Å²) < 4.78 is 39.9. The van der Waals surface area contributed by atoms with Crippen LogP contribution in [-0.2, 0) is 6.18 Å². The summed E-state index contributed by atoms with van der Waals surface area (Å²) in [4.78, 5) is 14.0. The van der Waals surface area contributed by atoms with Crippen LogP contribution < -0.4 is 0 Å². The summed E-state index contributed by atoms with van der Waals surface area (Å²) >= 11 is 0. The topological polar surface area (TPSA) is 20.3 Å². The molecule has 1 aromatic carbocycles. The maximum atomic E-state index is 13.3. The minimum absolute atomic E-state index is 0.00694. The van der Waals surface area contributed by atoms with Crippen molar-refractivity contribution < 1.29 is 18.0 Å². The highest BCUT2D eigenvalue weighted by Gasteiger charge is 2.49. The first kappa shape index (κ1) is 15.4. The number of benzene rings is 1. The highest BCUT2D eigenvalue weighted by Crippen LogP contribution is 2.48. The van der Waals surface area contributed by atoms with E-state index in [-0.39, 0.29) is 16.9 Å². The quantitative estimate of drug-likeness (QED) is 0.790. The highest BCUT2D eigenvalue weighted by atomic mass is 19.4. The van der Waals surface area contributed by atoms with Gasteiger partial charge in [0.15, 0.2) is 0 Å². The van der Waals surface area contributed by atoms with Crippen molar-refractivity contribution in [2.24, 2.45) is 5.41 Å². The fraction of sp³-hybridized carbons (Fsp3) is 0.588. The van der Waals surface area contributed by atoms with Gasteiger partial charge in [-0.25, -0.2) is 0 Å². The van der Waals surface area contributed by atoms with Crippen LogP contribution in [0.1, 0.15) is 60.5 Å². The molecule has 1 aromatic rings. The molecule has 0 N–H and O–H groups in total. The molecule has 0 radical (unpaired) electrons. The van der Waals surface area contributed by atoms with Crippen LogP contribution in [0.2, 0.25) is 0 Å². The molecule has 22 heavy (non-hydrogen) atoms. The van der Waals surface area contributed by atoms with Crippen molar-refractivity contribution in [3.05, 3.63) is 34.9 Å². The Kier molecular flexibility index (Phi) is 3.49. The van der Waals surface area contributed by atoms with Gasteiger partial charge in [0.1, 0.15) is 0 Å². The van der Waals surface area contributed by atoms with E-state index in [1.54, 1.807) is 11.0 Å². The first-order valence-corrected chi connectivity index (χ1v) is 7.72. The number of hydrogen-bond acceptors (Lipinski definition) is 1. The van der Waals surface area contributed by atoms with Crippen LogP contribution in [0, 0.1) is 5.41 Å². The minimum Gasteiger partial charge on any atom is -0.337 e. The number of halogens is 3. The monoisotopic (exact) mass is 311 g/mol. The average molecular weight is 311 g/mol. The molecule has 1 heterocycles. The largest absolute Gasteiger partial charge is 0.417 e. The van der Waals surface area contributed by atoms with Gasteiger partial charge < -0.3 is 4.90 Å². The third-order valence-corrected chi connectivity index (χ3v) is 5.00.